The van der Waals surface area contributed by atoms with E-state index in [2.05, 4.69) is 10.3 Å². The average molecular weight is 186 g/mol. The van der Waals surface area contributed by atoms with Gasteiger partial charge in [-0.05, 0) is 6.07 Å². The van der Waals surface area contributed by atoms with Crippen LogP contribution in [0.1, 0.15) is 15.2 Å². The van der Waals surface area contributed by atoms with Crippen LogP contribution in [-0.4, -0.2) is 13.0 Å². The van der Waals surface area contributed by atoms with Crippen molar-refractivity contribution in [3.63, 3.8) is 0 Å². The summed E-state index contributed by atoms with van der Waals surface area (Å²) in [6.45, 7) is 0.592. The molecule has 1 aromatic rings. The summed E-state index contributed by atoms with van der Waals surface area (Å²) in [7, 11) is 1.54. The van der Waals surface area contributed by atoms with Crippen LogP contribution < -0.4 is 11.2 Å². The SMILES string of the molecule is CONCc1cc(C(N)=O)cs1. The van der Waals surface area contributed by atoms with Crippen LogP contribution in [0, 0.1) is 0 Å². The van der Waals surface area contributed by atoms with Gasteiger partial charge in [0.15, 0.2) is 0 Å². The van der Waals surface area contributed by atoms with Crippen molar-refractivity contribution >= 4 is 17.2 Å². The van der Waals surface area contributed by atoms with Gasteiger partial charge in [0.2, 0.25) is 5.91 Å². The van der Waals surface area contributed by atoms with E-state index in [1.165, 1.54) is 11.3 Å². The number of primary amides is 1. The normalized spacial score (nSPS) is 10.1. The predicted molar refractivity (Wildman–Crippen MR) is 46.7 cm³/mol. The molecule has 0 aliphatic rings. The fourth-order valence-electron chi connectivity index (χ4n) is 0.746. The molecule has 0 saturated heterocycles. The van der Waals surface area contributed by atoms with Crippen molar-refractivity contribution in [3.8, 4) is 0 Å². The monoisotopic (exact) mass is 186 g/mol. The second-order valence-electron chi connectivity index (χ2n) is 2.19. The Labute approximate surface area is 74.3 Å². The highest BCUT2D eigenvalue weighted by atomic mass is 32.1. The molecule has 1 aromatic heterocycles. The average Bonchev–Trinajstić information content (AvgIpc) is 2.48. The minimum atomic E-state index is -0.394. The Morgan fingerprint density at radius 3 is 3.08 bits per heavy atom. The Morgan fingerprint density at radius 1 is 1.83 bits per heavy atom. The molecule has 0 unspecified atom stereocenters. The van der Waals surface area contributed by atoms with Crippen LogP contribution in [0.15, 0.2) is 11.4 Å². The van der Waals surface area contributed by atoms with Crippen LogP contribution in [0.5, 0.6) is 0 Å². The van der Waals surface area contributed by atoms with E-state index in [4.69, 9.17) is 5.73 Å². The third-order valence-corrected chi connectivity index (χ3v) is 2.27. The fourth-order valence-corrected chi connectivity index (χ4v) is 1.55. The van der Waals surface area contributed by atoms with Crippen LogP contribution in [-0.2, 0) is 11.4 Å². The molecule has 0 radical (unpaired) electrons. The highest BCUT2D eigenvalue weighted by Crippen LogP contribution is 2.13. The maximum atomic E-state index is 10.7. The molecule has 1 amide bonds. The van der Waals surface area contributed by atoms with Gasteiger partial charge in [-0.15, -0.1) is 11.3 Å². The van der Waals surface area contributed by atoms with Gasteiger partial charge in [0.05, 0.1) is 19.2 Å². The molecule has 0 atom stereocenters. The summed E-state index contributed by atoms with van der Waals surface area (Å²) in [5, 5.41) is 1.73. The van der Waals surface area contributed by atoms with E-state index in [1.807, 2.05) is 0 Å². The Bertz CT molecular complexity index is 272. The number of carbonyl (C=O) groups excluding carboxylic acids is 1. The van der Waals surface area contributed by atoms with Crippen molar-refractivity contribution < 1.29 is 9.63 Å². The highest BCUT2D eigenvalue weighted by molar-refractivity contribution is 7.10. The van der Waals surface area contributed by atoms with Crippen LogP contribution in [0.25, 0.3) is 0 Å². The second kappa shape index (κ2) is 4.20. The molecule has 0 bridgehead atoms. The van der Waals surface area contributed by atoms with Crippen molar-refractivity contribution in [2.45, 2.75) is 6.54 Å². The molecule has 66 valence electrons. The molecule has 0 aliphatic carbocycles. The number of hydrogen-bond acceptors (Lipinski definition) is 4. The lowest BCUT2D eigenvalue weighted by molar-refractivity contribution is 0.0874. The molecule has 3 N–H and O–H groups in total. The first kappa shape index (κ1) is 9.18. The van der Waals surface area contributed by atoms with E-state index in [1.54, 1.807) is 18.6 Å². The van der Waals surface area contributed by atoms with Gasteiger partial charge < -0.3 is 10.6 Å². The summed E-state index contributed by atoms with van der Waals surface area (Å²) < 4.78 is 0. The standard InChI is InChI=1S/C7H10N2O2S/c1-11-9-3-6-2-5(4-12-6)7(8)10/h2,4,9H,3H2,1H3,(H2,8,10). The Balaban J connectivity index is 2.58. The second-order valence-corrected chi connectivity index (χ2v) is 3.19. The molecular formula is C7H10N2O2S. The number of carbonyl (C=O) groups is 1. The van der Waals surface area contributed by atoms with Gasteiger partial charge in [0, 0.05) is 10.3 Å². The largest absolute Gasteiger partial charge is 0.366 e. The first-order valence-corrected chi connectivity index (χ1v) is 4.25. The van der Waals surface area contributed by atoms with E-state index < -0.39 is 5.91 Å². The van der Waals surface area contributed by atoms with E-state index in [0.29, 0.717) is 12.1 Å². The van der Waals surface area contributed by atoms with E-state index in [-0.39, 0.29) is 0 Å². The van der Waals surface area contributed by atoms with Crippen LogP contribution in [0.2, 0.25) is 0 Å². The zero-order valence-electron chi connectivity index (χ0n) is 6.66. The van der Waals surface area contributed by atoms with Gasteiger partial charge in [-0.3, -0.25) is 4.79 Å². The molecule has 0 fully saturated rings. The highest BCUT2D eigenvalue weighted by Gasteiger charge is 2.03. The molecule has 0 saturated carbocycles. The van der Waals surface area contributed by atoms with Gasteiger partial charge in [-0.1, -0.05) is 0 Å². The van der Waals surface area contributed by atoms with E-state index in [9.17, 15) is 4.79 Å². The maximum absolute atomic E-state index is 10.7. The maximum Gasteiger partial charge on any atom is 0.249 e. The van der Waals surface area contributed by atoms with Crippen LogP contribution in [0.3, 0.4) is 0 Å². The lowest BCUT2D eigenvalue weighted by Gasteiger charge is -1.96. The Kier molecular flexibility index (Phi) is 3.21. The third-order valence-electron chi connectivity index (χ3n) is 1.33. The minimum Gasteiger partial charge on any atom is -0.366 e. The summed E-state index contributed by atoms with van der Waals surface area (Å²) >= 11 is 1.47. The van der Waals surface area contributed by atoms with Gasteiger partial charge in [0.1, 0.15) is 0 Å². The fraction of sp³-hybridized carbons (Fsp3) is 0.286. The summed E-state index contributed by atoms with van der Waals surface area (Å²) in [5.74, 6) is -0.394. The van der Waals surface area contributed by atoms with Gasteiger partial charge in [-0.25, -0.2) is 0 Å². The Hall–Kier alpha value is -0.910. The van der Waals surface area contributed by atoms with Gasteiger partial charge in [-0.2, -0.15) is 5.48 Å². The summed E-state index contributed by atoms with van der Waals surface area (Å²) in [4.78, 5) is 16.3. The topological polar surface area (TPSA) is 64.3 Å². The van der Waals surface area contributed by atoms with Crippen LogP contribution >= 0.6 is 11.3 Å². The zero-order valence-corrected chi connectivity index (χ0v) is 7.48. The number of hydroxylamine groups is 1. The zero-order chi connectivity index (χ0) is 8.97. The molecule has 0 spiro atoms. The van der Waals surface area contributed by atoms with Crippen molar-refractivity contribution in [1.29, 1.82) is 0 Å². The van der Waals surface area contributed by atoms with Gasteiger partial charge >= 0.3 is 0 Å². The minimum absolute atomic E-state index is 0.394. The molecular weight excluding hydrogens is 176 g/mol. The number of hydrogen-bond donors (Lipinski definition) is 2. The molecule has 0 aliphatic heterocycles. The molecule has 0 aromatic carbocycles. The summed E-state index contributed by atoms with van der Waals surface area (Å²) in [6, 6.07) is 1.75. The smallest absolute Gasteiger partial charge is 0.249 e. The first-order chi connectivity index (χ1) is 5.74. The van der Waals surface area contributed by atoms with Gasteiger partial charge in [0.25, 0.3) is 0 Å². The number of thiophene rings is 1. The first-order valence-electron chi connectivity index (χ1n) is 3.37. The van der Waals surface area contributed by atoms with Crippen molar-refractivity contribution in [3.05, 3.63) is 21.9 Å². The van der Waals surface area contributed by atoms with Crippen molar-refractivity contribution in [2.24, 2.45) is 5.73 Å². The quantitative estimate of drug-likeness (QED) is 0.673. The number of nitrogens with two attached hydrogens (primary N) is 1. The molecule has 1 heterocycles. The number of rotatable bonds is 4. The Morgan fingerprint density at radius 2 is 2.58 bits per heavy atom. The summed E-state index contributed by atoms with van der Waals surface area (Å²) in [5.41, 5.74) is 8.30. The molecule has 4 nitrogen and oxygen atoms in total. The van der Waals surface area contributed by atoms with E-state index in [0.717, 1.165) is 4.88 Å². The van der Waals surface area contributed by atoms with Crippen molar-refractivity contribution in [1.82, 2.24) is 5.48 Å². The predicted octanol–water partition coefficient (Wildman–Crippen LogP) is 0.498. The number of amides is 1. The number of nitrogens with one attached hydrogen (secondary N) is 1. The van der Waals surface area contributed by atoms with E-state index >= 15 is 0 Å². The van der Waals surface area contributed by atoms with Crippen molar-refractivity contribution in [2.75, 3.05) is 7.11 Å². The molecule has 5 heteroatoms. The summed E-state index contributed by atoms with van der Waals surface area (Å²) in [6.07, 6.45) is 0. The molecule has 1 rings (SSSR count). The third kappa shape index (κ3) is 2.30. The lowest BCUT2D eigenvalue weighted by atomic mass is 10.3. The van der Waals surface area contributed by atoms with Crippen LogP contribution in [0.4, 0.5) is 0 Å². The molecule has 12 heavy (non-hydrogen) atoms. The lowest BCUT2D eigenvalue weighted by Crippen LogP contribution is -2.11.